The fourth-order valence-corrected chi connectivity index (χ4v) is 15.9. The number of rotatable bonds is 4. The third-order valence-electron chi connectivity index (χ3n) is 11.1. The van der Waals surface area contributed by atoms with Crippen LogP contribution in [0.1, 0.15) is 0 Å². The molecule has 8 aromatic carbocycles. The van der Waals surface area contributed by atoms with Gasteiger partial charge in [0.1, 0.15) is 0 Å². The van der Waals surface area contributed by atoms with E-state index in [-0.39, 0.29) is 0 Å². The average molecular weight is 697 g/mol. The molecule has 0 spiro atoms. The lowest BCUT2D eigenvalue weighted by molar-refractivity contribution is 1.16. The van der Waals surface area contributed by atoms with Gasteiger partial charge in [-0.3, -0.25) is 0 Å². The van der Waals surface area contributed by atoms with Gasteiger partial charge in [0.15, 0.2) is 8.07 Å². The molecule has 0 N–H and O–H groups in total. The van der Waals surface area contributed by atoms with Crippen LogP contribution in [0.3, 0.4) is 0 Å². The van der Waals surface area contributed by atoms with Crippen LogP contribution < -0.4 is 20.7 Å². The van der Waals surface area contributed by atoms with Crippen molar-refractivity contribution in [3.8, 4) is 11.4 Å². The first kappa shape index (κ1) is 29.6. The Labute approximate surface area is 307 Å². The molecule has 244 valence electrons. The second-order valence-electron chi connectivity index (χ2n) is 13.7. The number of benzene rings is 8. The van der Waals surface area contributed by atoms with E-state index in [1.165, 1.54) is 85.5 Å². The summed E-state index contributed by atoms with van der Waals surface area (Å²) >= 11 is 1.92. The van der Waals surface area contributed by atoms with Crippen molar-refractivity contribution in [1.82, 2.24) is 9.13 Å². The summed E-state index contributed by atoms with van der Waals surface area (Å²) in [4.78, 5) is 2.68. The molecule has 2 aromatic heterocycles. The Kier molecular flexibility index (Phi) is 6.54. The Morgan fingerprint density at radius 2 is 0.750 bits per heavy atom. The lowest BCUT2D eigenvalue weighted by atomic mass is 10.2. The van der Waals surface area contributed by atoms with E-state index in [1.807, 2.05) is 11.8 Å². The molecule has 0 saturated heterocycles. The monoisotopic (exact) mass is 696 g/mol. The van der Waals surface area contributed by atoms with Gasteiger partial charge in [0.05, 0.1) is 22.1 Å². The highest BCUT2D eigenvalue weighted by Gasteiger charge is 2.47. The average Bonchev–Trinajstić information content (AvgIpc) is 3.73. The Bertz CT molecular complexity index is 2890. The van der Waals surface area contributed by atoms with E-state index >= 15 is 0 Å². The molecule has 0 radical (unpaired) electrons. The van der Waals surface area contributed by atoms with E-state index < -0.39 is 8.07 Å². The van der Waals surface area contributed by atoms with Gasteiger partial charge in [-0.2, -0.15) is 0 Å². The van der Waals surface area contributed by atoms with Crippen molar-refractivity contribution in [3.63, 3.8) is 0 Å². The van der Waals surface area contributed by atoms with E-state index in [0.717, 1.165) is 0 Å². The van der Waals surface area contributed by atoms with Gasteiger partial charge in [-0.05, 0) is 75.3 Å². The summed E-state index contributed by atoms with van der Waals surface area (Å²) in [5, 5.41) is 10.8. The first-order valence-electron chi connectivity index (χ1n) is 17.9. The van der Waals surface area contributed by atoms with Crippen molar-refractivity contribution in [1.29, 1.82) is 0 Å². The highest BCUT2D eigenvalue weighted by Crippen LogP contribution is 2.38. The van der Waals surface area contributed by atoms with Gasteiger partial charge < -0.3 is 9.13 Å². The van der Waals surface area contributed by atoms with Crippen LogP contribution in [0, 0.1) is 0 Å². The van der Waals surface area contributed by atoms with Crippen molar-refractivity contribution in [2.45, 2.75) is 9.79 Å². The second-order valence-corrected chi connectivity index (χ2v) is 18.5. The summed E-state index contributed by atoms with van der Waals surface area (Å²) in [5.74, 6) is 0. The maximum absolute atomic E-state index is 2.75. The summed E-state index contributed by atoms with van der Waals surface area (Å²) in [7, 11) is -2.75. The molecule has 4 heteroatoms. The van der Waals surface area contributed by atoms with Crippen LogP contribution in [0.15, 0.2) is 204 Å². The predicted octanol–water partition coefficient (Wildman–Crippen LogP) is 9.72. The molecular weight excluding hydrogens is 665 g/mol. The number of fused-ring (bicyclic) bond motifs is 8. The van der Waals surface area contributed by atoms with E-state index in [9.17, 15) is 0 Å². The van der Waals surface area contributed by atoms with E-state index in [0.29, 0.717) is 0 Å². The van der Waals surface area contributed by atoms with Crippen molar-refractivity contribution >= 4 is 84.2 Å². The molecule has 11 rings (SSSR count). The number of hydrogen-bond acceptors (Lipinski definition) is 1. The smallest absolute Gasteiger partial charge is 0.181 e. The summed E-state index contributed by atoms with van der Waals surface area (Å²) in [6.07, 6.45) is 0. The van der Waals surface area contributed by atoms with E-state index in [1.54, 1.807) is 0 Å². The lowest BCUT2D eigenvalue weighted by Gasteiger charge is -2.40. The normalized spacial score (nSPS) is 15.3. The Balaban J connectivity index is 1.16. The standard InChI is InChI=1S/C48H32N2SSi/c1-2-14-35(15-3-1)52(36-29-26-33(27-30-36)49-41-20-8-4-16-37(41)38-17-5-9-21-42(38)49)47-25-13-12-24-45(47)51-46-32-34(28-31-48(46)52)50-43-22-10-6-18-39(43)40-19-7-11-23-44(40)50/h1-32H. The highest BCUT2D eigenvalue weighted by molar-refractivity contribution is 8.00. The van der Waals surface area contributed by atoms with Gasteiger partial charge in [-0.1, -0.05) is 151 Å². The molecule has 0 amide bonds. The maximum Gasteiger partial charge on any atom is 0.181 e. The highest BCUT2D eigenvalue weighted by atomic mass is 32.2. The third-order valence-corrected chi connectivity index (χ3v) is 17.4. The molecule has 1 aliphatic rings. The minimum Gasteiger partial charge on any atom is -0.309 e. The fraction of sp³-hybridized carbons (Fsp3) is 0. The maximum atomic E-state index is 2.46. The van der Waals surface area contributed by atoms with Gasteiger partial charge >= 0.3 is 0 Å². The van der Waals surface area contributed by atoms with Gasteiger partial charge in [0.2, 0.25) is 0 Å². The van der Waals surface area contributed by atoms with Crippen LogP contribution in [0.2, 0.25) is 0 Å². The zero-order valence-corrected chi connectivity index (χ0v) is 30.1. The SMILES string of the molecule is c1ccc([Si]2(c3ccc(-n4c5ccccc5c5ccccc54)cc3)c3ccccc3Sc3cc(-n4c5ccccc5c5ccccc54)ccc32)cc1. The fourth-order valence-electron chi connectivity index (χ4n) is 8.91. The molecule has 1 unspecified atom stereocenters. The van der Waals surface area contributed by atoms with Crippen molar-refractivity contribution < 1.29 is 0 Å². The molecule has 52 heavy (non-hydrogen) atoms. The number of para-hydroxylation sites is 4. The minimum atomic E-state index is -2.75. The topological polar surface area (TPSA) is 9.86 Å². The summed E-state index contributed by atoms with van der Waals surface area (Å²) in [6.45, 7) is 0. The molecule has 2 nitrogen and oxygen atoms in total. The molecule has 0 fully saturated rings. The summed E-state index contributed by atoms with van der Waals surface area (Å²) in [6, 6.07) is 72.4. The molecular formula is C48H32N2SSi. The molecule has 0 aliphatic carbocycles. The molecule has 3 heterocycles. The van der Waals surface area contributed by atoms with Crippen LogP contribution in [0.4, 0.5) is 0 Å². The summed E-state index contributed by atoms with van der Waals surface area (Å²) < 4.78 is 4.86. The lowest BCUT2D eigenvalue weighted by Crippen LogP contribution is -2.76. The van der Waals surface area contributed by atoms with Crippen LogP contribution in [-0.4, -0.2) is 17.2 Å². The van der Waals surface area contributed by atoms with Crippen LogP contribution in [-0.2, 0) is 0 Å². The van der Waals surface area contributed by atoms with Crippen LogP contribution in [0.25, 0.3) is 55.0 Å². The zero-order chi connectivity index (χ0) is 34.2. The van der Waals surface area contributed by atoms with Crippen LogP contribution >= 0.6 is 11.8 Å². The van der Waals surface area contributed by atoms with Crippen molar-refractivity contribution in [2.24, 2.45) is 0 Å². The zero-order valence-electron chi connectivity index (χ0n) is 28.3. The number of hydrogen-bond donors (Lipinski definition) is 0. The second kappa shape index (κ2) is 11.5. The molecule has 1 aliphatic heterocycles. The molecule has 0 saturated carbocycles. The third kappa shape index (κ3) is 4.13. The van der Waals surface area contributed by atoms with E-state index in [4.69, 9.17) is 0 Å². The molecule has 1 atom stereocenters. The van der Waals surface area contributed by atoms with Gasteiger partial charge in [0.25, 0.3) is 0 Å². The first-order chi connectivity index (χ1) is 25.8. The first-order valence-corrected chi connectivity index (χ1v) is 20.7. The Morgan fingerprint density at radius 1 is 0.327 bits per heavy atom. The predicted molar refractivity (Wildman–Crippen MR) is 223 cm³/mol. The minimum absolute atomic E-state index is 1.18. The van der Waals surface area contributed by atoms with Crippen molar-refractivity contribution in [2.75, 3.05) is 0 Å². The molecule has 0 bridgehead atoms. The quantitative estimate of drug-likeness (QED) is 0.167. The van der Waals surface area contributed by atoms with Gasteiger partial charge in [-0.15, -0.1) is 0 Å². The van der Waals surface area contributed by atoms with Crippen LogP contribution in [0.5, 0.6) is 0 Å². The van der Waals surface area contributed by atoms with E-state index in [2.05, 4.69) is 203 Å². The Hall–Kier alpha value is -6.07. The largest absolute Gasteiger partial charge is 0.309 e. The van der Waals surface area contributed by atoms with Gasteiger partial charge in [0, 0.05) is 42.7 Å². The van der Waals surface area contributed by atoms with Crippen molar-refractivity contribution in [3.05, 3.63) is 194 Å². The summed E-state index contributed by atoms with van der Waals surface area (Å²) in [5.41, 5.74) is 7.30. The Morgan fingerprint density at radius 3 is 1.33 bits per heavy atom. The molecule has 10 aromatic rings. The number of nitrogens with zero attached hydrogens (tertiary/aromatic N) is 2. The van der Waals surface area contributed by atoms with Gasteiger partial charge in [-0.25, -0.2) is 0 Å². The number of aromatic nitrogens is 2.